The normalized spacial score (nSPS) is 37.2. The summed E-state index contributed by atoms with van der Waals surface area (Å²) in [5, 5.41) is 3.48. The van der Waals surface area contributed by atoms with Crippen molar-refractivity contribution in [2.75, 3.05) is 19.6 Å². The predicted molar refractivity (Wildman–Crippen MR) is 51.2 cm³/mol. The van der Waals surface area contributed by atoms with Gasteiger partial charge in [0.25, 0.3) is 0 Å². The second kappa shape index (κ2) is 2.71. The van der Waals surface area contributed by atoms with E-state index in [1.807, 2.05) is 0 Å². The van der Waals surface area contributed by atoms with Crippen LogP contribution in [0.3, 0.4) is 0 Å². The topological polar surface area (TPSA) is 15.3 Å². The summed E-state index contributed by atoms with van der Waals surface area (Å²) >= 11 is 0. The van der Waals surface area contributed by atoms with Crippen LogP contribution in [-0.2, 0) is 0 Å². The van der Waals surface area contributed by atoms with E-state index in [-0.39, 0.29) is 0 Å². The van der Waals surface area contributed by atoms with Crippen molar-refractivity contribution in [2.24, 2.45) is 5.92 Å². The van der Waals surface area contributed by atoms with Crippen molar-refractivity contribution in [3.63, 3.8) is 0 Å². The van der Waals surface area contributed by atoms with Crippen molar-refractivity contribution < 1.29 is 0 Å². The van der Waals surface area contributed by atoms with Crippen LogP contribution in [0.1, 0.15) is 27.2 Å². The number of hydrogen-bond donors (Lipinski definition) is 1. The monoisotopic (exact) mass is 168 g/mol. The molecule has 0 bridgehead atoms. The summed E-state index contributed by atoms with van der Waals surface area (Å²) in [6.07, 6.45) is 1.40. The maximum Gasteiger partial charge on any atom is 0.0266 e. The number of nitrogens with one attached hydrogen (secondary N) is 1. The van der Waals surface area contributed by atoms with E-state index in [2.05, 4.69) is 31.0 Å². The quantitative estimate of drug-likeness (QED) is 0.582. The van der Waals surface area contributed by atoms with Gasteiger partial charge in [-0.2, -0.15) is 0 Å². The Balaban J connectivity index is 2.09. The van der Waals surface area contributed by atoms with Crippen molar-refractivity contribution in [1.29, 1.82) is 0 Å². The summed E-state index contributed by atoms with van der Waals surface area (Å²) in [7, 11) is 0. The minimum atomic E-state index is 0.367. The molecule has 70 valence electrons. The van der Waals surface area contributed by atoms with Gasteiger partial charge in [-0.1, -0.05) is 0 Å². The Kier molecular flexibility index (Phi) is 1.92. The van der Waals surface area contributed by atoms with Crippen LogP contribution in [0.5, 0.6) is 0 Å². The molecular formula is C10H20N2. The molecule has 0 amide bonds. The van der Waals surface area contributed by atoms with Gasteiger partial charge in [-0.15, -0.1) is 0 Å². The van der Waals surface area contributed by atoms with Gasteiger partial charge in [-0.3, -0.25) is 4.90 Å². The fourth-order valence-corrected chi connectivity index (χ4v) is 2.68. The highest BCUT2D eigenvalue weighted by molar-refractivity contribution is 4.98. The molecular weight excluding hydrogens is 148 g/mol. The summed E-state index contributed by atoms with van der Waals surface area (Å²) in [5.74, 6) is 0.934. The zero-order chi connectivity index (χ0) is 8.77. The average Bonchev–Trinajstić information content (AvgIpc) is 2.37. The van der Waals surface area contributed by atoms with Crippen molar-refractivity contribution in [1.82, 2.24) is 10.2 Å². The van der Waals surface area contributed by atoms with E-state index >= 15 is 0 Å². The molecule has 2 fully saturated rings. The number of hydrogen-bond acceptors (Lipinski definition) is 2. The van der Waals surface area contributed by atoms with E-state index < -0.39 is 0 Å². The molecule has 2 aliphatic heterocycles. The molecule has 1 N–H and O–H groups in total. The number of likely N-dealkylation sites (tertiary alicyclic amines) is 1. The highest BCUT2D eigenvalue weighted by Gasteiger charge is 2.41. The summed E-state index contributed by atoms with van der Waals surface area (Å²) < 4.78 is 0. The molecule has 0 radical (unpaired) electrons. The third-order valence-electron chi connectivity index (χ3n) is 3.31. The summed E-state index contributed by atoms with van der Waals surface area (Å²) in [4.78, 5) is 2.66. The molecule has 0 aromatic heterocycles. The van der Waals surface area contributed by atoms with Crippen molar-refractivity contribution in [2.45, 2.75) is 38.8 Å². The first-order valence-electron chi connectivity index (χ1n) is 5.06. The van der Waals surface area contributed by atoms with Gasteiger partial charge < -0.3 is 5.32 Å². The first kappa shape index (κ1) is 8.52. The Morgan fingerprint density at radius 3 is 2.67 bits per heavy atom. The van der Waals surface area contributed by atoms with E-state index in [1.54, 1.807) is 0 Å². The van der Waals surface area contributed by atoms with Crippen LogP contribution in [-0.4, -0.2) is 36.1 Å². The molecule has 0 aromatic rings. The second-order valence-corrected chi connectivity index (χ2v) is 5.14. The van der Waals surface area contributed by atoms with Gasteiger partial charge in [0.05, 0.1) is 0 Å². The Bertz CT molecular complexity index is 171. The SMILES string of the molecule is CC(C)(C)N1CC[C@H]2CNC[C@H]21. The average molecular weight is 168 g/mol. The van der Waals surface area contributed by atoms with E-state index in [0.29, 0.717) is 5.54 Å². The van der Waals surface area contributed by atoms with E-state index in [1.165, 1.54) is 26.1 Å². The van der Waals surface area contributed by atoms with Crippen molar-refractivity contribution in [3.05, 3.63) is 0 Å². The number of fused-ring (bicyclic) bond motifs is 1. The summed E-state index contributed by atoms with van der Waals surface area (Å²) in [5.41, 5.74) is 0.367. The van der Waals surface area contributed by atoms with Gasteiger partial charge in [0.15, 0.2) is 0 Å². The largest absolute Gasteiger partial charge is 0.315 e. The first-order chi connectivity index (χ1) is 5.59. The summed E-state index contributed by atoms with van der Waals surface area (Å²) in [6, 6.07) is 0.824. The number of rotatable bonds is 0. The third-order valence-corrected chi connectivity index (χ3v) is 3.31. The fourth-order valence-electron chi connectivity index (χ4n) is 2.68. The predicted octanol–water partition coefficient (Wildman–Crippen LogP) is 1.08. The van der Waals surface area contributed by atoms with Crippen LogP contribution in [0.2, 0.25) is 0 Å². The van der Waals surface area contributed by atoms with Crippen molar-refractivity contribution >= 4 is 0 Å². The highest BCUT2D eigenvalue weighted by atomic mass is 15.3. The molecule has 2 saturated heterocycles. The zero-order valence-corrected chi connectivity index (χ0v) is 8.43. The van der Waals surface area contributed by atoms with Crippen molar-refractivity contribution in [3.8, 4) is 0 Å². The van der Waals surface area contributed by atoms with Crippen LogP contribution < -0.4 is 5.32 Å². The molecule has 2 heteroatoms. The fraction of sp³-hybridized carbons (Fsp3) is 1.00. The highest BCUT2D eigenvalue weighted by Crippen LogP contribution is 2.32. The van der Waals surface area contributed by atoms with Crippen LogP contribution in [0.4, 0.5) is 0 Å². The lowest BCUT2D eigenvalue weighted by atomic mass is 10.0. The van der Waals surface area contributed by atoms with Gasteiger partial charge in [-0.25, -0.2) is 0 Å². The molecule has 0 spiro atoms. The van der Waals surface area contributed by atoms with Crippen LogP contribution in [0.15, 0.2) is 0 Å². The van der Waals surface area contributed by atoms with Gasteiger partial charge in [0.1, 0.15) is 0 Å². The molecule has 2 atom stereocenters. The van der Waals surface area contributed by atoms with Crippen LogP contribution in [0, 0.1) is 5.92 Å². The van der Waals surface area contributed by atoms with Crippen LogP contribution >= 0.6 is 0 Å². The molecule has 12 heavy (non-hydrogen) atoms. The molecule has 0 aliphatic carbocycles. The zero-order valence-electron chi connectivity index (χ0n) is 8.43. The van der Waals surface area contributed by atoms with E-state index in [0.717, 1.165) is 12.0 Å². The number of nitrogens with zero attached hydrogens (tertiary/aromatic N) is 1. The standard InChI is InChI=1S/C10H20N2/c1-10(2,3)12-5-4-8-6-11-7-9(8)12/h8-9,11H,4-7H2,1-3H3/t8-,9+/m0/s1. The minimum Gasteiger partial charge on any atom is -0.315 e. The van der Waals surface area contributed by atoms with E-state index in [9.17, 15) is 0 Å². The molecule has 0 saturated carbocycles. The van der Waals surface area contributed by atoms with E-state index in [4.69, 9.17) is 0 Å². The molecule has 2 nitrogen and oxygen atoms in total. The lowest BCUT2D eigenvalue weighted by Crippen LogP contribution is -2.46. The second-order valence-electron chi connectivity index (χ2n) is 5.14. The first-order valence-corrected chi connectivity index (χ1v) is 5.06. The van der Waals surface area contributed by atoms with Gasteiger partial charge >= 0.3 is 0 Å². The maximum absolute atomic E-state index is 3.48. The third kappa shape index (κ3) is 1.27. The Morgan fingerprint density at radius 1 is 1.25 bits per heavy atom. The lowest BCUT2D eigenvalue weighted by molar-refractivity contribution is 0.122. The van der Waals surface area contributed by atoms with Crippen LogP contribution in [0.25, 0.3) is 0 Å². The van der Waals surface area contributed by atoms with Gasteiger partial charge in [0, 0.05) is 18.1 Å². The molecule has 2 rings (SSSR count). The Labute approximate surface area is 75.3 Å². The molecule has 0 aromatic carbocycles. The lowest BCUT2D eigenvalue weighted by Gasteiger charge is -2.36. The Hall–Kier alpha value is -0.0800. The minimum absolute atomic E-state index is 0.367. The van der Waals surface area contributed by atoms with Gasteiger partial charge in [-0.05, 0) is 46.2 Å². The molecule has 0 unspecified atom stereocenters. The maximum atomic E-state index is 3.48. The summed E-state index contributed by atoms with van der Waals surface area (Å²) in [6.45, 7) is 10.7. The molecule has 2 heterocycles. The van der Waals surface area contributed by atoms with Gasteiger partial charge in [0.2, 0.25) is 0 Å². The Morgan fingerprint density at radius 2 is 2.00 bits per heavy atom. The molecule has 2 aliphatic rings. The smallest absolute Gasteiger partial charge is 0.0266 e.